The van der Waals surface area contributed by atoms with Crippen molar-refractivity contribution in [3.05, 3.63) is 81.6 Å². The number of halogens is 3. The second-order valence-corrected chi connectivity index (χ2v) is 6.94. The molecule has 0 atom stereocenters. The summed E-state index contributed by atoms with van der Waals surface area (Å²) in [6.07, 6.45) is 0. The van der Waals surface area contributed by atoms with Crippen molar-refractivity contribution >= 4 is 45.9 Å². The van der Waals surface area contributed by atoms with Crippen LogP contribution in [-0.4, -0.2) is 10.9 Å². The highest BCUT2D eigenvalue weighted by Crippen LogP contribution is 2.32. The molecule has 3 aromatic carbocycles. The van der Waals surface area contributed by atoms with Crippen LogP contribution in [0.3, 0.4) is 0 Å². The first-order valence-corrected chi connectivity index (χ1v) is 9.07. The molecule has 1 aromatic heterocycles. The minimum absolute atomic E-state index is 0.135. The lowest BCUT2D eigenvalue weighted by molar-refractivity contribution is 0.102. The van der Waals surface area contributed by atoms with E-state index in [2.05, 4.69) is 10.3 Å². The van der Waals surface area contributed by atoms with E-state index >= 15 is 0 Å². The zero-order valence-corrected chi connectivity index (χ0v) is 16.1. The van der Waals surface area contributed by atoms with Gasteiger partial charge < -0.3 is 9.73 Å². The molecular formula is C21H10Cl2FN3O2. The normalized spacial score (nSPS) is 10.7. The molecule has 0 aliphatic carbocycles. The highest BCUT2D eigenvalue weighted by Gasteiger charge is 2.15. The molecule has 4 aromatic rings. The van der Waals surface area contributed by atoms with Crippen molar-refractivity contribution in [1.29, 1.82) is 5.26 Å². The molecular weight excluding hydrogens is 416 g/mol. The van der Waals surface area contributed by atoms with Gasteiger partial charge in [0.2, 0.25) is 5.89 Å². The number of benzene rings is 3. The number of nitrogens with one attached hydrogen (secondary N) is 1. The molecule has 0 radical (unpaired) electrons. The molecule has 0 unspecified atom stereocenters. The van der Waals surface area contributed by atoms with Crippen molar-refractivity contribution in [1.82, 2.24) is 4.98 Å². The fraction of sp³-hybridized carbons (Fsp3) is 0. The molecule has 0 aliphatic heterocycles. The Kier molecular flexibility index (Phi) is 4.93. The molecule has 0 spiro atoms. The molecule has 8 heteroatoms. The summed E-state index contributed by atoms with van der Waals surface area (Å²) in [5, 5.41) is 12.2. The minimum atomic E-state index is -0.775. The molecule has 0 saturated carbocycles. The van der Waals surface area contributed by atoms with Crippen LogP contribution < -0.4 is 5.32 Å². The number of hydrogen-bond acceptors (Lipinski definition) is 4. The number of oxazole rings is 1. The van der Waals surface area contributed by atoms with Crippen molar-refractivity contribution in [2.24, 2.45) is 0 Å². The Morgan fingerprint density at radius 2 is 1.97 bits per heavy atom. The van der Waals surface area contributed by atoms with Crippen molar-refractivity contribution < 1.29 is 13.6 Å². The summed E-state index contributed by atoms with van der Waals surface area (Å²) in [6, 6.07) is 15.4. The number of rotatable bonds is 3. The predicted octanol–water partition coefficient (Wildman–Crippen LogP) is 6.06. The SMILES string of the molecule is N#Cc1ccc(C(=O)Nc2cccc(-c3nc4cc(Cl)cc(Cl)c4o3)c2)c(F)c1. The third kappa shape index (κ3) is 3.79. The van der Waals surface area contributed by atoms with Crippen LogP contribution in [0.25, 0.3) is 22.6 Å². The van der Waals surface area contributed by atoms with Gasteiger partial charge in [-0.15, -0.1) is 0 Å². The maximum absolute atomic E-state index is 14.1. The molecule has 1 N–H and O–H groups in total. The molecule has 0 fully saturated rings. The summed E-state index contributed by atoms with van der Waals surface area (Å²) in [7, 11) is 0. The van der Waals surface area contributed by atoms with Crippen LogP contribution in [-0.2, 0) is 0 Å². The molecule has 0 saturated heterocycles. The van der Waals surface area contributed by atoms with E-state index in [1.807, 2.05) is 6.07 Å². The van der Waals surface area contributed by atoms with Gasteiger partial charge in [0.1, 0.15) is 11.3 Å². The van der Waals surface area contributed by atoms with E-state index in [9.17, 15) is 9.18 Å². The van der Waals surface area contributed by atoms with Crippen LogP contribution >= 0.6 is 23.2 Å². The van der Waals surface area contributed by atoms with Gasteiger partial charge >= 0.3 is 0 Å². The number of aromatic nitrogens is 1. The topological polar surface area (TPSA) is 78.9 Å². The largest absolute Gasteiger partial charge is 0.435 e. The number of anilines is 1. The van der Waals surface area contributed by atoms with E-state index in [0.29, 0.717) is 38.3 Å². The second kappa shape index (κ2) is 7.55. The first kappa shape index (κ1) is 18.9. The zero-order valence-electron chi connectivity index (χ0n) is 14.5. The molecule has 29 heavy (non-hydrogen) atoms. The van der Waals surface area contributed by atoms with Crippen molar-refractivity contribution in [3.8, 4) is 17.5 Å². The first-order chi connectivity index (χ1) is 13.9. The van der Waals surface area contributed by atoms with Gasteiger partial charge in [-0.05, 0) is 48.5 Å². The lowest BCUT2D eigenvalue weighted by atomic mass is 10.1. The van der Waals surface area contributed by atoms with Gasteiger partial charge in [0, 0.05) is 16.3 Å². The smallest absolute Gasteiger partial charge is 0.258 e. The number of nitrogens with zero attached hydrogens (tertiary/aromatic N) is 2. The fourth-order valence-electron chi connectivity index (χ4n) is 2.78. The lowest BCUT2D eigenvalue weighted by Gasteiger charge is -2.07. The summed E-state index contributed by atoms with van der Waals surface area (Å²) in [5.41, 5.74) is 1.88. The Labute approximate surface area is 174 Å². The van der Waals surface area contributed by atoms with E-state index in [4.69, 9.17) is 32.9 Å². The molecule has 4 rings (SSSR count). The van der Waals surface area contributed by atoms with Gasteiger partial charge in [-0.25, -0.2) is 9.37 Å². The maximum atomic E-state index is 14.1. The highest BCUT2D eigenvalue weighted by atomic mass is 35.5. The van der Waals surface area contributed by atoms with Gasteiger partial charge in [-0.1, -0.05) is 29.3 Å². The third-order valence-electron chi connectivity index (χ3n) is 4.12. The van der Waals surface area contributed by atoms with E-state index in [-0.39, 0.29) is 11.1 Å². The molecule has 142 valence electrons. The van der Waals surface area contributed by atoms with Crippen LogP contribution in [0, 0.1) is 17.1 Å². The summed E-state index contributed by atoms with van der Waals surface area (Å²) < 4.78 is 19.8. The van der Waals surface area contributed by atoms with Crippen molar-refractivity contribution in [2.45, 2.75) is 0 Å². The Bertz CT molecular complexity index is 1310. The summed E-state index contributed by atoms with van der Waals surface area (Å²) in [5.74, 6) is -1.12. The monoisotopic (exact) mass is 425 g/mol. The van der Waals surface area contributed by atoms with E-state index in [1.165, 1.54) is 12.1 Å². The van der Waals surface area contributed by atoms with Crippen LogP contribution in [0.2, 0.25) is 10.0 Å². The van der Waals surface area contributed by atoms with Crippen molar-refractivity contribution in [2.75, 3.05) is 5.32 Å². The average Bonchev–Trinajstić information content (AvgIpc) is 3.12. The van der Waals surface area contributed by atoms with Crippen LogP contribution in [0.4, 0.5) is 10.1 Å². The van der Waals surface area contributed by atoms with E-state index in [0.717, 1.165) is 6.07 Å². The van der Waals surface area contributed by atoms with Gasteiger partial charge in [0.25, 0.3) is 5.91 Å². The van der Waals surface area contributed by atoms with Gasteiger partial charge in [-0.2, -0.15) is 5.26 Å². The zero-order chi connectivity index (χ0) is 20.5. The summed E-state index contributed by atoms with van der Waals surface area (Å²) in [6.45, 7) is 0. The number of fused-ring (bicyclic) bond motifs is 1. The number of nitriles is 1. The predicted molar refractivity (Wildman–Crippen MR) is 109 cm³/mol. The Hall–Kier alpha value is -3.40. The number of carbonyl (C=O) groups is 1. The number of amides is 1. The lowest BCUT2D eigenvalue weighted by Crippen LogP contribution is -2.13. The average molecular weight is 426 g/mol. The third-order valence-corrected chi connectivity index (χ3v) is 4.62. The van der Waals surface area contributed by atoms with Crippen molar-refractivity contribution in [3.63, 3.8) is 0 Å². The second-order valence-electron chi connectivity index (χ2n) is 6.10. The van der Waals surface area contributed by atoms with E-state index in [1.54, 1.807) is 36.4 Å². The van der Waals surface area contributed by atoms with Crippen LogP contribution in [0.1, 0.15) is 15.9 Å². The summed E-state index contributed by atoms with van der Waals surface area (Å²) >= 11 is 12.1. The Balaban J connectivity index is 1.63. The summed E-state index contributed by atoms with van der Waals surface area (Å²) in [4.78, 5) is 16.8. The fourth-order valence-corrected chi connectivity index (χ4v) is 3.30. The highest BCUT2D eigenvalue weighted by molar-refractivity contribution is 6.38. The van der Waals surface area contributed by atoms with Gasteiger partial charge in [0.05, 0.1) is 22.2 Å². The molecule has 5 nitrogen and oxygen atoms in total. The van der Waals surface area contributed by atoms with Gasteiger partial charge in [-0.3, -0.25) is 4.79 Å². The quantitative estimate of drug-likeness (QED) is 0.432. The minimum Gasteiger partial charge on any atom is -0.435 e. The molecule has 0 aliphatic rings. The standard InChI is InChI=1S/C21H10Cl2FN3O2/c22-13-8-16(23)19-18(9-13)27-21(29-19)12-2-1-3-14(7-12)26-20(28)15-5-4-11(10-25)6-17(15)24/h1-9H,(H,26,28). The van der Waals surface area contributed by atoms with Gasteiger partial charge in [0.15, 0.2) is 5.58 Å². The molecule has 1 heterocycles. The maximum Gasteiger partial charge on any atom is 0.258 e. The molecule has 1 amide bonds. The van der Waals surface area contributed by atoms with E-state index < -0.39 is 11.7 Å². The Morgan fingerprint density at radius 3 is 2.72 bits per heavy atom. The van der Waals surface area contributed by atoms with Crippen LogP contribution in [0.15, 0.2) is 59.0 Å². The Morgan fingerprint density at radius 1 is 1.14 bits per heavy atom. The first-order valence-electron chi connectivity index (χ1n) is 8.31. The number of carbonyl (C=O) groups excluding carboxylic acids is 1. The van der Waals surface area contributed by atoms with Crippen LogP contribution in [0.5, 0.6) is 0 Å². The number of hydrogen-bond donors (Lipinski definition) is 1. The molecule has 0 bridgehead atoms.